The van der Waals surface area contributed by atoms with E-state index in [0.717, 1.165) is 16.6 Å². The van der Waals surface area contributed by atoms with Gasteiger partial charge in [0.25, 0.3) is 0 Å². The summed E-state index contributed by atoms with van der Waals surface area (Å²) in [7, 11) is 1.45. The number of ether oxygens (including phenoxy) is 2. The first-order valence-electron chi connectivity index (χ1n) is 11.2. The van der Waals surface area contributed by atoms with Crippen LogP contribution in [0.2, 0.25) is 0 Å². The number of hydrogen-bond acceptors (Lipinski definition) is 9. The lowest BCUT2D eigenvalue weighted by atomic mass is 9.89. The fraction of sp³-hybridized carbons (Fsp3) is 0.148. The maximum absolute atomic E-state index is 13.9. The van der Waals surface area contributed by atoms with E-state index < -0.39 is 24.3 Å². The highest BCUT2D eigenvalue weighted by molar-refractivity contribution is 7.98. The number of fused-ring (bicyclic) bond motifs is 1. The van der Waals surface area contributed by atoms with E-state index >= 15 is 0 Å². The number of allylic oxidation sites excluding steroid dienone is 1. The average molecular weight is 551 g/mol. The molecule has 38 heavy (non-hydrogen) atoms. The van der Waals surface area contributed by atoms with Gasteiger partial charge in [0, 0.05) is 28.5 Å². The van der Waals surface area contributed by atoms with Crippen LogP contribution in [0.5, 0.6) is 11.5 Å². The lowest BCUT2D eigenvalue weighted by Crippen LogP contribution is -2.15. The summed E-state index contributed by atoms with van der Waals surface area (Å²) in [6.45, 7) is -0.622. The minimum atomic E-state index is -1.29. The van der Waals surface area contributed by atoms with Gasteiger partial charge in [-0.05, 0) is 59.8 Å². The van der Waals surface area contributed by atoms with E-state index in [9.17, 15) is 19.5 Å². The Bertz CT molecular complexity index is 1540. The van der Waals surface area contributed by atoms with Gasteiger partial charge in [0.2, 0.25) is 0 Å². The number of carbonyl (C=O) groups is 3. The van der Waals surface area contributed by atoms with Crippen LogP contribution in [-0.2, 0) is 16.0 Å². The average Bonchev–Trinajstić information content (AvgIpc) is 3.39. The first-order valence-corrected chi connectivity index (χ1v) is 13.2. The summed E-state index contributed by atoms with van der Waals surface area (Å²) in [6.07, 6.45) is 1.77. The van der Waals surface area contributed by atoms with E-state index in [0.29, 0.717) is 33.5 Å². The van der Waals surface area contributed by atoms with Crippen molar-refractivity contribution in [3.63, 3.8) is 0 Å². The zero-order chi connectivity index (χ0) is 27.2. The molecular weight excluding hydrogens is 528 g/mol. The highest BCUT2D eigenvalue weighted by Crippen LogP contribution is 2.32. The quantitative estimate of drug-likeness (QED) is 0.151. The van der Waals surface area contributed by atoms with Crippen molar-refractivity contribution < 1.29 is 34.1 Å². The van der Waals surface area contributed by atoms with Crippen LogP contribution < -0.4 is 9.47 Å². The monoisotopic (exact) mass is 550 g/mol. The number of methoxy groups -OCH3 is 1. The zero-order valence-corrected chi connectivity index (χ0v) is 22.0. The van der Waals surface area contributed by atoms with Crippen LogP contribution in [0.3, 0.4) is 0 Å². The molecule has 9 nitrogen and oxygen atoms in total. The second-order valence-electron chi connectivity index (χ2n) is 8.02. The van der Waals surface area contributed by atoms with E-state index in [-0.39, 0.29) is 23.3 Å². The Morgan fingerprint density at radius 2 is 1.63 bits per heavy atom. The topological polar surface area (TPSA) is 136 Å². The molecule has 0 saturated heterocycles. The molecule has 0 bridgehead atoms. The fourth-order valence-electron chi connectivity index (χ4n) is 3.84. The summed E-state index contributed by atoms with van der Waals surface area (Å²) in [5.41, 5.74) is 1.96. The Balaban J connectivity index is 1.90. The Hall–Kier alpha value is -4.22. The van der Waals surface area contributed by atoms with Gasteiger partial charge in [-0.25, -0.2) is 9.59 Å². The third-order valence-electron chi connectivity index (χ3n) is 5.68. The number of aromatic nitrogens is 2. The molecule has 1 heterocycles. The molecule has 0 aliphatic rings. The van der Waals surface area contributed by atoms with E-state index in [1.54, 1.807) is 54.6 Å². The molecule has 0 amide bonds. The molecule has 0 radical (unpaired) electrons. The molecule has 1 aromatic heterocycles. The number of carboxylic acid groups (broad SMARTS) is 2. The van der Waals surface area contributed by atoms with Crippen molar-refractivity contribution >= 4 is 57.8 Å². The molecule has 194 valence electrons. The number of nitrogens with zero attached hydrogens (tertiary/aromatic N) is 2. The lowest BCUT2D eigenvalue weighted by Gasteiger charge is -2.16. The van der Waals surface area contributed by atoms with Crippen LogP contribution in [0.1, 0.15) is 21.5 Å². The van der Waals surface area contributed by atoms with Gasteiger partial charge >= 0.3 is 11.9 Å². The Morgan fingerprint density at radius 3 is 2.29 bits per heavy atom. The van der Waals surface area contributed by atoms with Crippen LogP contribution in [0.4, 0.5) is 0 Å². The number of hydrogen-bond donors (Lipinski definition) is 2. The smallest absolute Gasteiger partial charge is 0.341 e. The molecule has 0 fully saturated rings. The minimum Gasteiger partial charge on any atom is -0.497 e. The van der Waals surface area contributed by atoms with Crippen LogP contribution in [-0.4, -0.2) is 56.7 Å². The standard InChI is InChI=1S/C27H22N2O7S2/c1-35-18-7-3-16(23(13-18)36-14-24(30)31)11-20(26(32)15-4-8-19(37-2)9-5-15)25(27(33)34)17-6-10-21-22(12-17)29-38-28-21/h3-10,12-13H,11,14H2,1-2H3,(H,30,31)(H,33,34). The third kappa shape index (κ3) is 6.01. The summed E-state index contributed by atoms with van der Waals surface area (Å²) in [5, 5.41) is 19.5. The second kappa shape index (κ2) is 11.9. The van der Waals surface area contributed by atoms with E-state index in [2.05, 4.69) is 8.75 Å². The second-order valence-corrected chi connectivity index (χ2v) is 9.42. The number of aliphatic carboxylic acids is 2. The van der Waals surface area contributed by atoms with Gasteiger partial charge in [-0.2, -0.15) is 8.75 Å². The molecule has 4 aromatic rings. The number of rotatable bonds is 11. The van der Waals surface area contributed by atoms with Crippen molar-refractivity contribution in [2.75, 3.05) is 20.0 Å². The summed E-state index contributed by atoms with van der Waals surface area (Å²) in [4.78, 5) is 38.7. The van der Waals surface area contributed by atoms with Gasteiger partial charge in [0.05, 0.1) is 24.4 Å². The lowest BCUT2D eigenvalue weighted by molar-refractivity contribution is -0.139. The fourth-order valence-corrected chi connectivity index (χ4v) is 4.76. The normalized spacial score (nSPS) is 11.6. The Morgan fingerprint density at radius 1 is 0.921 bits per heavy atom. The van der Waals surface area contributed by atoms with Crippen molar-refractivity contribution in [1.29, 1.82) is 0 Å². The summed E-state index contributed by atoms with van der Waals surface area (Å²) in [6, 6.07) is 16.5. The van der Waals surface area contributed by atoms with Crippen molar-refractivity contribution in [2.45, 2.75) is 11.3 Å². The van der Waals surface area contributed by atoms with Crippen molar-refractivity contribution in [3.8, 4) is 11.5 Å². The van der Waals surface area contributed by atoms with Crippen molar-refractivity contribution in [3.05, 3.63) is 82.9 Å². The van der Waals surface area contributed by atoms with Crippen LogP contribution >= 0.6 is 23.5 Å². The summed E-state index contributed by atoms with van der Waals surface area (Å²) in [5.74, 6) is -2.38. The van der Waals surface area contributed by atoms with Crippen LogP contribution in [0.25, 0.3) is 16.6 Å². The maximum Gasteiger partial charge on any atom is 0.341 e. The molecule has 3 aromatic carbocycles. The van der Waals surface area contributed by atoms with Gasteiger partial charge in [-0.3, -0.25) is 4.79 Å². The van der Waals surface area contributed by atoms with E-state index in [1.807, 2.05) is 6.26 Å². The van der Waals surface area contributed by atoms with Crippen LogP contribution in [0, 0.1) is 0 Å². The van der Waals surface area contributed by atoms with Gasteiger partial charge in [-0.1, -0.05) is 12.1 Å². The first-order chi connectivity index (χ1) is 18.3. The number of carbonyl (C=O) groups excluding carboxylic acids is 1. The highest BCUT2D eigenvalue weighted by atomic mass is 32.2. The molecule has 4 rings (SSSR count). The van der Waals surface area contributed by atoms with Gasteiger partial charge in [-0.15, -0.1) is 11.8 Å². The summed E-state index contributed by atoms with van der Waals surface area (Å²) < 4.78 is 19.1. The molecule has 0 saturated carbocycles. The molecule has 0 unspecified atom stereocenters. The first kappa shape index (κ1) is 26.8. The molecule has 11 heteroatoms. The number of benzene rings is 3. The van der Waals surface area contributed by atoms with Crippen molar-refractivity contribution in [2.24, 2.45) is 0 Å². The number of Topliss-reactive ketones (excluding diaryl/α,β-unsaturated/α-hetero) is 1. The number of carboxylic acids is 2. The van der Waals surface area contributed by atoms with Gasteiger partial charge < -0.3 is 19.7 Å². The van der Waals surface area contributed by atoms with Gasteiger partial charge in [0.1, 0.15) is 22.5 Å². The number of thioether (sulfide) groups is 1. The predicted molar refractivity (Wildman–Crippen MR) is 144 cm³/mol. The SMILES string of the molecule is COc1ccc(CC(C(=O)c2ccc(SC)cc2)=C(C(=O)O)c2ccc3nsnc3c2)c(OCC(=O)O)c1. The molecular formula is C27H22N2O7S2. The Labute approximate surface area is 226 Å². The molecule has 0 spiro atoms. The largest absolute Gasteiger partial charge is 0.497 e. The highest BCUT2D eigenvalue weighted by Gasteiger charge is 2.26. The number of ketones is 1. The van der Waals surface area contributed by atoms with Gasteiger partial charge in [0.15, 0.2) is 12.4 Å². The zero-order valence-electron chi connectivity index (χ0n) is 20.3. The summed E-state index contributed by atoms with van der Waals surface area (Å²) >= 11 is 2.52. The van der Waals surface area contributed by atoms with E-state index in [1.165, 1.54) is 24.9 Å². The van der Waals surface area contributed by atoms with Crippen LogP contribution in [0.15, 0.2) is 71.1 Å². The van der Waals surface area contributed by atoms with Crippen molar-refractivity contribution in [1.82, 2.24) is 8.75 Å². The molecule has 0 aliphatic carbocycles. The van der Waals surface area contributed by atoms with E-state index in [4.69, 9.17) is 14.6 Å². The molecule has 0 aliphatic heterocycles. The maximum atomic E-state index is 13.9. The molecule has 2 N–H and O–H groups in total. The predicted octanol–water partition coefficient (Wildman–Crippen LogP) is 4.85. The third-order valence-corrected chi connectivity index (χ3v) is 6.98. The molecule has 0 atom stereocenters. The Kier molecular flexibility index (Phi) is 8.39. The minimum absolute atomic E-state index is 0.00211.